The van der Waals surface area contributed by atoms with Crippen molar-refractivity contribution in [2.45, 2.75) is 25.3 Å². The predicted octanol–water partition coefficient (Wildman–Crippen LogP) is 2.43. The number of nitrogens with one attached hydrogen (secondary N) is 1. The third kappa shape index (κ3) is 4.48. The number of halogens is 1. The molecule has 2 saturated heterocycles. The summed E-state index contributed by atoms with van der Waals surface area (Å²) in [5.74, 6) is -0.0595. The molecule has 0 aliphatic carbocycles. The molecule has 2 amide bonds. The summed E-state index contributed by atoms with van der Waals surface area (Å²) in [7, 11) is 2.06. The Morgan fingerprint density at radius 2 is 1.87 bits per heavy atom. The van der Waals surface area contributed by atoms with Crippen LogP contribution in [0.4, 0.5) is 10.1 Å². The average molecular weight is 411 g/mol. The number of carbonyl (C=O) groups is 2. The Balaban J connectivity index is 1.30. The molecule has 8 heteroatoms. The number of rotatable bonds is 4. The lowest BCUT2D eigenvalue weighted by Crippen LogP contribution is -2.44. The Morgan fingerprint density at radius 3 is 2.53 bits per heavy atom. The lowest BCUT2D eigenvalue weighted by Gasteiger charge is -2.36. The minimum absolute atomic E-state index is 0.0220. The van der Waals surface area contributed by atoms with Crippen LogP contribution in [0.3, 0.4) is 0 Å². The Morgan fingerprint density at radius 1 is 1.13 bits per heavy atom. The third-order valence-corrected chi connectivity index (χ3v) is 6.24. The summed E-state index contributed by atoms with van der Waals surface area (Å²) in [5.41, 5.74) is 0.995. The van der Waals surface area contributed by atoms with Gasteiger partial charge in [0.25, 0.3) is 5.91 Å². The van der Waals surface area contributed by atoms with Gasteiger partial charge < -0.3 is 15.1 Å². The summed E-state index contributed by atoms with van der Waals surface area (Å²) in [6.45, 7) is 2.09. The van der Waals surface area contributed by atoms with Gasteiger partial charge in [-0.3, -0.25) is 14.6 Å². The molecular weight excluding hydrogens is 385 g/mol. The Hall–Kier alpha value is -2.87. The zero-order valence-corrected chi connectivity index (χ0v) is 17.0. The molecule has 3 heterocycles. The maximum absolute atomic E-state index is 13.1. The van der Waals surface area contributed by atoms with Gasteiger partial charge in [0.15, 0.2) is 0 Å². The van der Waals surface area contributed by atoms with Gasteiger partial charge in [0.2, 0.25) is 5.91 Å². The van der Waals surface area contributed by atoms with Crippen molar-refractivity contribution in [3.8, 4) is 0 Å². The van der Waals surface area contributed by atoms with Gasteiger partial charge in [-0.15, -0.1) is 0 Å². The number of benzene rings is 1. The summed E-state index contributed by atoms with van der Waals surface area (Å²) >= 11 is 0. The van der Waals surface area contributed by atoms with E-state index in [-0.39, 0.29) is 23.5 Å². The van der Waals surface area contributed by atoms with E-state index in [1.54, 1.807) is 18.3 Å². The lowest BCUT2D eigenvalue weighted by atomic mass is 9.86. The second-order valence-electron chi connectivity index (χ2n) is 8.16. The molecule has 7 nitrogen and oxygen atoms in total. The van der Waals surface area contributed by atoms with E-state index in [4.69, 9.17) is 0 Å². The smallest absolute Gasteiger partial charge is 0.274 e. The second-order valence-corrected chi connectivity index (χ2v) is 8.16. The standard InChI is InChI=1S/C22H26FN5O2/c1-27-14-16(21(29)26-18-4-2-17(23)3-5-18)12-20(27)15-6-10-28(11-7-15)22(30)19-13-24-8-9-25-19/h2-5,8-9,13,15-16,20H,6-7,10-12,14H2,1H3,(H,26,29)/t16-,20+/m0/s1. The van der Waals surface area contributed by atoms with Crippen molar-refractivity contribution >= 4 is 17.5 Å². The van der Waals surface area contributed by atoms with Crippen molar-refractivity contribution in [2.24, 2.45) is 11.8 Å². The molecular formula is C22H26FN5O2. The van der Waals surface area contributed by atoms with Gasteiger partial charge in [0.05, 0.1) is 12.1 Å². The normalized spacial score (nSPS) is 22.8. The van der Waals surface area contributed by atoms with Crippen molar-refractivity contribution in [1.82, 2.24) is 19.8 Å². The molecule has 1 N–H and O–H groups in total. The van der Waals surface area contributed by atoms with Gasteiger partial charge in [-0.25, -0.2) is 9.37 Å². The van der Waals surface area contributed by atoms with E-state index in [0.717, 1.165) is 19.3 Å². The van der Waals surface area contributed by atoms with Crippen molar-refractivity contribution in [2.75, 3.05) is 32.0 Å². The number of nitrogens with zero attached hydrogens (tertiary/aromatic N) is 4. The molecule has 158 valence electrons. The zero-order chi connectivity index (χ0) is 21.1. The molecule has 2 aliphatic rings. The zero-order valence-electron chi connectivity index (χ0n) is 17.0. The van der Waals surface area contributed by atoms with E-state index in [2.05, 4.69) is 27.2 Å². The Labute approximate surface area is 175 Å². The monoisotopic (exact) mass is 411 g/mol. The molecule has 2 fully saturated rings. The first-order chi connectivity index (χ1) is 14.5. The van der Waals surface area contributed by atoms with Crippen molar-refractivity contribution < 1.29 is 14.0 Å². The van der Waals surface area contributed by atoms with Gasteiger partial charge in [-0.1, -0.05) is 0 Å². The molecule has 2 aliphatic heterocycles. The number of anilines is 1. The van der Waals surface area contributed by atoms with Crippen LogP contribution in [0.25, 0.3) is 0 Å². The van der Waals surface area contributed by atoms with Gasteiger partial charge in [-0.05, 0) is 56.5 Å². The molecule has 2 aromatic rings. The molecule has 1 aromatic carbocycles. The fourth-order valence-corrected chi connectivity index (χ4v) is 4.61. The Kier molecular flexibility index (Phi) is 6.03. The SMILES string of the molecule is CN1C[C@@H](C(=O)Nc2ccc(F)cc2)C[C@@H]1C1CCN(C(=O)c2cnccn2)CC1. The first kappa shape index (κ1) is 20.4. The molecule has 0 spiro atoms. The summed E-state index contributed by atoms with van der Waals surface area (Å²) in [6, 6.07) is 6.16. The van der Waals surface area contributed by atoms with Crippen LogP contribution in [-0.4, -0.2) is 64.3 Å². The highest BCUT2D eigenvalue weighted by molar-refractivity contribution is 5.93. The summed E-state index contributed by atoms with van der Waals surface area (Å²) in [5, 5.41) is 2.90. The number of likely N-dealkylation sites (tertiary alicyclic amines) is 2. The van der Waals surface area contributed by atoms with Gasteiger partial charge in [0.1, 0.15) is 11.5 Å². The van der Waals surface area contributed by atoms with Gasteiger partial charge in [-0.2, -0.15) is 0 Å². The maximum atomic E-state index is 13.1. The van der Waals surface area contributed by atoms with E-state index >= 15 is 0 Å². The number of piperidine rings is 1. The average Bonchev–Trinajstić information content (AvgIpc) is 3.17. The summed E-state index contributed by atoms with van der Waals surface area (Å²) in [6.07, 6.45) is 7.21. The first-order valence-corrected chi connectivity index (χ1v) is 10.3. The molecule has 0 bridgehead atoms. The maximum Gasteiger partial charge on any atom is 0.274 e. The molecule has 0 radical (unpaired) electrons. The van der Waals surface area contributed by atoms with E-state index in [1.165, 1.54) is 24.5 Å². The molecule has 4 rings (SSSR count). The van der Waals surface area contributed by atoms with Crippen LogP contribution in [0.15, 0.2) is 42.9 Å². The highest BCUT2D eigenvalue weighted by atomic mass is 19.1. The number of amides is 2. The van der Waals surface area contributed by atoms with Gasteiger partial charge in [0, 0.05) is 43.8 Å². The molecule has 2 atom stereocenters. The number of hydrogen-bond acceptors (Lipinski definition) is 5. The molecule has 1 aromatic heterocycles. The summed E-state index contributed by atoms with van der Waals surface area (Å²) < 4.78 is 13.1. The van der Waals surface area contributed by atoms with E-state index in [0.29, 0.717) is 43.0 Å². The van der Waals surface area contributed by atoms with E-state index < -0.39 is 0 Å². The second kappa shape index (κ2) is 8.87. The van der Waals surface area contributed by atoms with Crippen LogP contribution in [0, 0.1) is 17.7 Å². The molecule has 0 saturated carbocycles. The van der Waals surface area contributed by atoms with E-state index in [1.807, 2.05) is 4.90 Å². The topological polar surface area (TPSA) is 78.4 Å². The number of aromatic nitrogens is 2. The van der Waals surface area contributed by atoms with Crippen molar-refractivity contribution in [3.05, 3.63) is 54.4 Å². The van der Waals surface area contributed by atoms with Crippen LogP contribution < -0.4 is 5.32 Å². The van der Waals surface area contributed by atoms with Crippen LogP contribution in [0.5, 0.6) is 0 Å². The summed E-state index contributed by atoms with van der Waals surface area (Å²) in [4.78, 5) is 37.4. The minimum Gasteiger partial charge on any atom is -0.337 e. The Bertz CT molecular complexity index is 884. The quantitative estimate of drug-likeness (QED) is 0.836. The number of carbonyl (C=O) groups excluding carboxylic acids is 2. The van der Waals surface area contributed by atoms with Crippen molar-refractivity contribution in [3.63, 3.8) is 0 Å². The highest BCUT2D eigenvalue weighted by Crippen LogP contribution is 2.33. The van der Waals surface area contributed by atoms with Crippen LogP contribution in [0.1, 0.15) is 29.8 Å². The van der Waals surface area contributed by atoms with Crippen LogP contribution in [-0.2, 0) is 4.79 Å². The first-order valence-electron chi connectivity index (χ1n) is 10.3. The van der Waals surface area contributed by atoms with Crippen LogP contribution >= 0.6 is 0 Å². The molecule has 0 unspecified atom stereocenters. The van der Waals surface area contributed by atoms with Gasteiger partial charge >= 0.3 is 0 Å². The van der Waals surface area contributed by atoms with E-state index in [9.17, 15) is 14.0 Å². The van der Waals surface area contributed by atoms with Crippen molar-refractivity contribution in [1.29, 1.82) is 0 Å². The fourth-order valence-electron chi connectivity index (χ4n) is 4.61. The van der Waals surface area contributed by atoms with Crippen LogP contribution in [0.2, 0.25) is 0 Å². The fraction of sp³-hybridized carbons (Fsp3) is 0.455. The minimum atomic E-state index is -0.321. The molecule has 30 heavy (non-hydrogen) atoms. The predicted molar refractivity (Wildman–Crippen MR) is 110 cm³/mol. The largest absolute Gasteiger partial charge is 0.337 e. The lowest BCUT2D eigenvalue weighted by molar-refractivity contribution is -0.119. The number of hydrogen-bond donors (Lipinski definition) is 1. The highest BCUT2D eigenvalue weighted by Gasteiger charge is 2.39. The third-order valence-electron chi connectivity index (χ3n) is 6.24.